The van der Waals surface area contributed by atoms with Gasteiger partial charge in [0.1, 0.15) is 0 Å². The van der Waals surface area contributed by atoms with Crippen molar-refractivity contribution in [3.05, 3.63) is 83.9 Å². The molecule has 2 saturated heterocycles. The summed E-state index contributed by atoms with van der Waals surface area (Å²) < 4.78 is 79.9. The topological polar surface area (TPSA) is 96.3 Å². The number of fused-ring (bicyclic) bond motifs is 1. The molecule has 0 aromatic heterocycles. The number of hydrogen-bond donors (Lipinski definition) is 3. The zero-order valence-corrected chi connectivity index (χ0v) is 26.3. The fraction of sp³-hybridized carbons (Fsp3) is 0.407. The summed E-state index contributed by atoms with van der Waals surface area (Å²) in [6, 6.07) is 5.98. The number of hydrogen-bond acceptors (Lipinski definition) is 5. The second-order valence-corrected chi connectivity index (χ2v) is 9.61. The number of urea groups is 1. The van der Waals surface area contributed by atoms with Gasteiger partial charge in [-0.05, 0) is 24.5 Å². The molecule has 0 saturated carbocycles. The zero-order valence-electron chi connectivity index (χ0n) is 23.2. The van der Waals surface area contributed by atoms with Gasteiger partial charge in [0.05, 0.1) is 24.9 Å². The van der Waals surface area contributed by atoms with Crippen molar-refractivity contribution in [2.45, 2.75) is 43.8 Å². The Bertz CT molecular complexity index is 1210. The van der Waals surface area contributed by atoms with Crippen molar-refractivity contribution in [2.24, 2.45) is 0 Å². The number of carbonyl (C=O) groups is 2. The van der Waals surface area contributed by atoms with Crippen LogP contribution < -0.4 is 56.7 Å². The maximum Gasteiger partial charge on any atom is 1.00 e. The standard InChI is InChI=1S/C26H27F6N4O3.CH3O.K/c1-15-5-3-4-6-19(15)22-21-12-20(33-14-37)23(38)35(21)7-8-36(22)24(39)34(2)13-16-9-17(25(27,28)29)11-18(10-16)26(30,31)32;1-2;/h3-6,9-11,13,20-22,33,37H,7-8,12,14H2,1-2H3;2H,1H2;/q2*-1;+1. The number of rotatable bonds is 5. The average Bonchev–Trinajstić information content (AvgIpc) is 3.23. The Morgan fingerprint density at radius 2 is 1.64 bits per heavy atom. The summed E-state index contributed by atoms with van der Waals surface area (Å²) in [4.78, 5) is 30.6. The van der Waals surface area contributed by atoms with Gasteiger partial charge in [-0.25, -0.2) is 11.9 Å². The summed E-state index contributed by atoms with van der Waals surface area (Å²) in [7, 11) is 3.51. The second-order valence-electron chi connectivity index (χ2n) is 9.61. The van der Waals surface area contributed by atoms with Crippen molar-refractivity contribution < 1.29 is 97.5 Å². The molecule has 4 rings (SSSR count). The molecule has 0 radical (unpaired) electrons. The van der Waals surface area contributed by atoms with Crippen molar-refractivity contribution in [3.8, 4) is 0 Å². The van der Waals surface area contributed by atoms with Gasteiger partial charge in [-0.1, -0.05) is 36.9 Å². The number of amides is 3. The normalized spacial score (nSPS) is 20.3. The van der Waals surface area contributed by atoms with E-state index in [2.05, 4.69) is 12.4 Å². The molecule has 42 heavy (non-hydrogen) atoms. The molecular formula is C27H30F6KN4O4-. The van der Waals surface area contributed by atoms with Crippen LogP contribution in [-0.4, -0.2) is 75.8 Å². The molecule has 2 aromatic carbocycles. The van der Waals surface area contributed by atoms with Gasteiger partial charge in [-0.3, -0.25) is 10.1 Å². The molecule has 8 nitrogen and oxygen atoms in total. The average molecular weight is 628 g/mol. The first-order chi connectivity index (χ1) is 19.2. The molecule has 226 valence electrons. The first kappa shape index (κ1) is 36.3. The summed E-state index contributed by atoms with van der Waals surface area (Å²) in [5, 5.41) is 18.8. The molecule has 3 N–H and O–H groups in total. The molecule has 2 aliphatic rings. The van der Waals surface area contributed by atoms with E-state index in [0.29, 0.717) is 12.1 Å². The Kier molecular flexibility index (Phi) is 12.8. The van der Waals surface area contributed by atoms with Crippen molar-refractivity contribution in [3.63, 3.8) is 0 Å². The van der Waals surface area contributed by atoms with Crippen LogP contribution in [0, 0.1) is 20.6 Å². The van der Waals surface area contributed by atoms with E-state index in [0.717, 1.165) is 22.6 Å². The number of nitrogens with one attached hydrogen (secondary N) is 1. The fourth-order valence-electron chi connectivity index (χ4n) is 5.29. The summed E-state index contributed by atoms with van der Waals surface area (Å²) >= 11 is 0. The molecule has 0 aliphatic carbocycles. The number of carbonyl (C=O) groups excluding carboxylic acids is 2. The van der Waals surface area contributed by atoms with Crippen LogP contribution in [-0.2, 0) is 17.1 Å². The van der Waals surface area contributed by atoms with E-state index in [1.165, 1.54) is 11.9 Å². The molecule has 3 atom stereocenters. The van der Waals surface area contributed by atoms with E-state index < -0.39 is 59.9 Å². The number of nitrogens with zero attached hydrogens (tertiary/aromatic N) is 3. The molecule has 3 amide bonds. The molecule has 15 heteroatoms. The Morgan fingerprint density at radius 3 is 2.17 bits per heavy atom. The van der Waals surface area contributed by atoms with Gasteiger partial charge in [-0.2, -0.15) is 31.9 Å². The SMILES string of the molecule is Cc1ccccc1C1C2CC(NCO)C(=O)N2CCN1C(=O)N(C)[CH-]c1cc(C(F)(F)F)cc(C(F)(F)F)c1.[CH2-]O.[K+]. The van der Waals surface area contributed by atoms with Crippen molar-refractivity contribution in [1.29, 1.82) is 0 Å². The minimum Gasteiger partial charge on any atom is -0.569 e. The second kappa shape index (κ2) is 14.7. The first-order valence-corrected chi connectivity index (χ1v) is 12.4. The molecule has 3 unspecified atom stereocenters. The zero-order chi connectivity index (χ0) is 30.7. The summed E-state index contributed by atoms with van der Waals surface area (Å²) in [5.41, 5.74) is -1.81. The van der Waals surface area contributed by atoms with E-state index in [9.17, 15) is 41.0 Å². The summed E-state index contributed by atoms with van der Waals surface area (Å²) in [6.45, 7) is 2.62. The van der Waals surface area contributed by atoms with Crippen LogP contribution in [0.2, 0.25) is 0 Å². The third kappa shape index (κ3) is 7.99. The quantitative estimate of drug-likeness (QED) is 0.201. The first-order valence-electron chi connectivity index (χ1n) is 12.4. The van der Waals surface area contributed by atoms with Gasteiger partial charge in [0, 0.05) is 31.3 Å². The number of benzene rings is 2. The number of aliphatic hydroxyl groups is 2. The minimum absolute atomic E-state index is 0. The van der Waals surface area contributed by atoms with E-state index in [1.54, 1.807) is 11.0 Å². The maximum absolute atomic E-state index is 13.7. The van der Waals surface area contributed by atoms with Crippen LogP contribution >= 0.6 is 0 Å². The van der Waals surface area contributed by atoms with Crippen molar-refractivity contribution in [2.75, 3.05) is 26.9 Å². The van der Waals surface area contributed by atoms with E-state index in [-0.39, 0.29) is 82.9 Å². The van der Waals surface area contributed by atoms with Gasteiger partial charge in [0.2, 0.25) is 5.91 Å². The number of aryl methyl sites for hydroxylation is 1. The third-order valence-corrected chi connectivity index (χ3v) is 7.09. The molecule has 0 spiro atoms. The van der Waals surface area contributed by atoms with E-state index in [4.69, 9.17) is 5.11 Å². The summed E-state index contributed by atoms with van der Waals surface area (Å²) in [5.74, 6) is -0.219. The van der Waals surface area contributed by atoms with Gasteiger partial charge >= 0.3 is 69.8 Å². The van der Waals surface area contributed by atoms with Crippen LogP contribution in [0.5, 0.6) is 0 Å². The van der Waals surface area contributed by atoms with Crippen LogP contribution in [0.1, 0.15) is 40.3 Å². The van der Waals surface area contributed by atoms with Crippen LogP contribution in [0.3, 0.4) is 0 Å². The fourth-order valence-corrected chi connectivity index (χ4v) is 5.29. The predicted molar refractivity (Wildman–Crippen MR) is 135 cm³/mol. The van der Waals surface area contributed by atoms with Crippen molar-refractivity contribution in [1.82, 2.24) is 20.0 Å². The van der Waals surface area contributed by atoms with Crippen LogP contribution in [0.4, 0.5) is 31.1 Å². The Hall–Kier alpha value is -1.85. The minimum atomic E-state index is -5.02. The smallest absolute Gasteiger partial charge is 0.569 e. The van der Waals surface area contributed by atoms with Gasteiger partial charge in [0.15, 0.2) is 0 Å². The third-order valence-electron chi connectivity index (χ3n) is 7.09. The van der Waals surface area contributed by atoms with Crippen LogP contribution in [0.15, 0.2) is 42.5 Å². The number of piperazine rings is 1. The molecule has 2 heterocycles. The van der Waals surface area contributed by atoms with Crippen molar-refractivity contribution >= 4 is 11.9 Å². The van der Waals surface area contributed by atoms with Gasteiger partial charge in [-0.15, -0.1) is 12.1 Å². The Labute approximate surface area is 282 Å². The van der Waals surface area contributed by atoms with Gasteiger partial charge in [0.25, 0.3) is 0 Å². The largest absolute Gasteiger partial charge is 1.00 e. The number of halogens is 6. The molecule has 2 aliphatic heterocycles. The monoisotopic (exact) mass is 627 g/mol. The number of alkyl halides is 6. The maximum atomic E-state index is 13.7. The molecule has 2 fully saturated rings. The Balaban J connectivity index is 0.00000201. The Morgan fingerprint density at radius 1 is 1.07 bits per heavy atom. The van der Waals surface area contributed by atoms with E-state index >= 15 is 0 Å². The molecule has 0 bridgehead atoms. The molecule has 2 aromatic rings. The number of aliphatic hydroxyl groups excluding tert-OH is 2. The summed E-state index contributed by atoms with van der Waals surface area (Å²) in [6.07, 6.45) is -9.75. The van der Waals surface area contributed by atoms with Gasteiger partial charge < -0.3 is 24.9 Å². The molecular weight excluding hydrogens is 597 g/mol. The van der Waals surface area contributed by atoms with E-state index in [1.807, 2.05) is 25.1 Å². The van der Waals surface area contributed by atoms with Crippen LogP contribution in [0.25, 0.3) is 0 Å². The predicted octanol–water partition coefficient (Wildman–Crippen LogP) is 1.31.